The molecule has 0 bridgehead atoms. The molecule has 0 saturated heterocycles. The van der Waals surface area contributed by atoms with Gasteiger partial charge in [0.25, 0.3) is 0 Å². The third-order valence-corrected chi connectivity index (χ3v) is 12.9. The maximum absolute atomic E-state index is 15.9. The lowest BCUT2D eigenvalue weighted by Crippen LogP contribution is -2.29. The number of hydrogen-bond acceptors (Lipinski definition) is 1. The first-order chi connectivity index (χ1) is 22.2. The minimum atomic E-state index is -3.18. The summed E-state index contributed by atoms with van der Waals surface area (Å²) < 4.78 is 15.9. The van der Waals surface area contributed by atoms with E-state index in [9.17, 15) is 0 Å². The lowest BCUT2D eigenvalue weighted by Gasteiger charge is -2.34. The monoisotopic (exact) mass is 592 g/mol. The van der Waals surface area contributed by atoms with Crippen molar-refractivity contribution in [3.05, 3.63) is 198 Å². The van der Waals surface area contributed by atoms with E-state index in [1.165, 1.54) is 27.8 Å². The topological polar surface area (TPSA) is 17.1 Å². The molecular weight excluding hydrogens is 563 g/mol. The zero-order chi connectivity index (χ0) is 30.0. The summed E-state index contributed by atoms with van der Waals surface area (Å²) in [5.41, 5.74) is 11.1. The molecule has 0 amide bonds. The molecule has 9 rings (SSSR count). The van der Waals surface area contributed by atoms with Crippen molar-refractivity contribution < 1.29 is 4.57 Å². The van der Waals surface area contributed by atoms with E-state index in [1.54, 1.807) is 0 Å². The molecule has 0 N–H and O–H groups in total. The van der Waals surface area contributed by atoms with Gasteiger partial charge in [-0.05, 0) is 73.8 Å². The Hall–Kier alpha value is -5.23. The normalized spacial score (nSPS) is 16.8. The molecule has 1 heterocycles. The smallest absolute Gasteiger partial charge is 0.172 e. The molecule has 1 aliphatic carbocycles. The second kappa shape index (κ2) is 9.89. The van der Waals surface area contributed by atoms with Gasteiger partial charge in [-0.1, -0.05) is 158 Å². The van der Waals surface area contributed by atoms with E-state index in [0.717, 1.165) is 43.7 Å². The minimum absolute atomic E-state index is 0.507. The van der Waals surface area contributed by atoms with Crippen LogP contribution in [0.25, 0.3) is 33.4 Å². The molecule has 212 valence electrons. The Balaban J connectivity index is 1.40. The summed E-state index contributed by atoms with van der Waals surface area (Å²) in [6, 6.07) is 62.2. The van der Waals surface area contributed by atoms with Gasteiger partial charge in [0.1, 0.15) is 0 Å². The quantitative estimate of drug-likeness (QED) is 0.186. The Labute approximate surface area is 263 Å². The van der Waals surface area contributed by atoms with Crippen LogP contribution in [0.5, 0.6) is 0 Å². The fraction of sp³-hybridized carbons (Fsp3) is 0.0233. The Morgan fingerprint density at radius 2 is 0.933 bits per heavy atom. The lowest BCUT2D eigenvalue weighted by molar-refractivity contribution is 0.593. The molecule has 0 saturated carbocycles. The third kappa shape index (κ3) is 3.59. The summed E-state index contributed by atoms with van der Waals surface area (Å²) in [7, 11) is -3.18. The van der Waals surface area contributed by atoms with Gasteiger partial charge in [0.2, 0.25) is 0 Å². The molecule has 7 aromatic rings. The van der Waals surface area contributed by atoms with Crippen LogP contribution in [-0.2, 0) is 9.98 Å². The van der Waals surface area contributed by atoms with Crippen LogP contribution in [0.4, 0.5) is 0 Å². The molecule has 1 nitrogen and oxygen atoms in total. The van der Waals surface area contributed by atoms with Crippen molar-refractivity contribution >= 4 is 23.1 Å². The van der Waals surface area contributed by atoms with E-state index >= 15 is 4.57 Å². The van der Waals surface area contributed by atoms with Gasteiger partial charge in [-0.25, -0.2) is 0 Å². The van der Waals surface area contributed by atoms with Crippen LogP contribution in [0.15, 0.2) is 176 Å². The molecule has 0 radical (unpaired) electrons. The van der Waals surface area contributed by atoms with Crippen molar-refractivity contribution in [1.29, 1.82) is 0 Å². The maximum atomic E-state index is 15.9. The highest BCUT2D eigenvalue weighted by Gasteiger charge is 2.49. The zero-order valence-electron chi connectivity index (χ0n) is 24.6. The molecule has 2 heteroatoms. The summed E-state index contributed by atoms with van der Waals surface area (Å²) in [4.78, 5) is 0. The van der Waals surface area contributed by atoms with Gasteiger partial charge >= 0.3 is 0 Å². The average molecular weight is 593 g/mol. The Kier molecular flexibility index (Phi) is 5.76. The van der Waals surface area contributed by atoms with Gasteiger partial charge in [0, 0.05) is 15.9 Å². The van der Waals surface area contributed by atoms with Gasteiger partial charge in [-0.15, -0.1) is 0 Å². The molecule has 1 atom stereocenters. The SMILES string of the molecule is O=P1(c2ccccc2)c2cc(-c3ccccc3)ccc2-c2cc3c(cc21)-c1ccccc1C3(c1ccccc1)c1ccccc1. The Morgan fingerprint density at radius 1 is 0.378 bits per heavy atom. The van der Waals surface area contributed by atoms with Gasteiger partial charge < -0.3 is 4.57 Å². The van der Waals surface area contributed by atoms with Crippen molar-refractivity contribution in [3.8, 4) is 33.4 Å². The van der Waals surface area contributed by atoms with Crippen molar-refractivity contribution in [1.82, 2.24) is 0 Å². The summed E-state index contributed by atoms with van der Waals surface area (Å²) in [5, 5.41) is 2.73. The highest BCUT2D eigenvalue weighted by Crippen LogP contribution is 2.60. The van der Waals surface area contributed by atoms with Crippen molar-refractivity contribution in [3.63, 3.8) is 0 Å². The predicted octanol–water partition coefficient (Wildman–Crippen LogP) is 9.34. The van der Waals surface area contributed by atoms with Crippen molar-refractivity contribution in [2.45, 2.75) is 5.41 Å². The van der Waals surface area contributed by atoms with Crippen molar-refractivity contribution in [2.24, 2.45) is 0 Å². The van der Waals surface area contributed by atoms with Gasteiger partial charge in [0.15, 0.2) is 7.14 Å². The van der Waals surface area contributed by atoms with Crippen LogP contribution in [0.2, 0.25) is 0 Å². The van der Waals surface area contributed by atoms with E-state index in [0.29, 0.717) is 0 Å². The van der Waals surface area contributed by atoms with Crippen LogP contribution < -0.4 is 15.9 Å². The summed E-state index contributed by atoms with van der Waals surface area (Å²) in [6.07, 6.45) is 0. The average Bonchev–Trinajstić information content (AvgIpc) is 3.55. The molecule has 0 aromatic heterocycles. The zero-order valence-corrected chi connectivity index (χ0v) is 25.5. The lowest BCUT2D eigenvalue weighted by atomic mass is 9.67. The fourth-order valence-corrected chi connectivity index (χ4v) is 10.9. The van der Waals surface area contributed by atoms with Gasteiger partial charge in [-0.3, -0.25) is 0 Å². The highest BCUT2D eigenvalue weighted by atomic mass is 31.2. The molecule has 1 aliphatic heterocycles. The number of rotatable bonds is 4. The first kappa shape index (κ1) is 26.2. The first-order valence-corrected chi connectivity index (χ1v) is 17.2. The van der Waals surface area contributed by atoms with Gasteiger partial charge in [0.05, 0.1) is 5.41 Å². The highest BCUT2D eigenvalue weighted by molar-refractivity contribution is 7.86. The van der Waals surface area contributed by atoms with E-state index < -0.39 is 12.6 Å². The second-order valence-corrected chi connectivity index (χ2v) is 14.7. The van der Waals surface area contributed by atoms with Crippen LogP contribution in [0.3, 0.4) is 0 Å². The molecule has 2 aliphatic rings. The minimum Gasteiger partial charge on any atom is -0.309 e. The molecule has 0 fully saturated rings. The first-order valence-electron chi connectivity index (χ1n) is 15.5. The molecule has 45 heavy (non-hydrogen) atoms. The van der Waals surface area contributed by atoms with E-state index in [4.69, 9.17) is 0 Å². The largest absolute Gasteiger partial charge is 0.309 e. The molecule has 7 aromatic carbocycles. The number of fused-ring (bicyclic) bond motifs is 6. The van der Waals surface area contributed by atoms with E-state index in [1.807, 2.05) is 36.4 Å². The second-order valence-electron chi connectivity index (χ2n) is 12.0. The van der Waals surface area contributed by atoms with E-state index in [2.05, 4.69) is 140 Å². The number of benzene rings is 7. The Morgan fingerprint density at radius 3 is 1.60 bits per heavy atom. The van der Waals surface area contributed by atoms with Crippen LogP contribution in [-0.4, -0.2) is 0 Å². The molecule has 0 spiro atoms. The summed E-state index contributed by atoms with van der Waals surface area (Å²) >= 11 is 0. The predicted molar refractivity (Wildman–Crippen MR) is 188 cm³/mol. The molecule has 1 unspecified atom stereocenters. The Bertz CT molecular complexity index is 2230. The van der Waals surface area contributed by atoms with Crippen molar-refractivity contribution in [2.75, 3.05) is 0 Å². The standard InChI is InChI=1S/C43H29OP/c44-45(34-21-11-4-12-22-34)41-27-31(30-15-5-1-6-16-30)25-26-36(41)38-28-40-37(29-42(38)45)35-23-13-14-24-39(35)43(40,32-17-7-2-8-18-32)33-19-9-3-10-20-33/h1-29H. The van der Waals surface area contributed by atoms with E-state index in [-0.39, 0.29) is 0 Å². The van der Waals surface area contributed by atoms with Gasteiger partial charge in [-0.2, -0.15) is 0 Å². The van der Waals surface area contributed by atoms with Crippen LogP contribution in [0, 0.1) is 0 Å². The summed E-state index contributed by atoms with van der Waals surface area (Å²) in [6.45, 7) is 0. The third-order valence-electron chi connectivity index (χ3n) is 9.77. The maximum Gasteiger partial charge on any atom is 0.172 e. The number of hydrogen-bond donors (Lipinski definition) is 0. The van der Waals surface area contributed by atoms with Crippen LogP contribution >= 0.6 is 7.14 Å². The summed E-state index contributed by atoms with van der Waals surface area (Å²) in [5.74, 6) is 0. The van der Waals surface area contributed by atoms with Crippen LogP contribution in [0.1, 0.15) is 22.3 Å². The fourth-order valence-electron chi connectivity index (χ4n) is 7.83. The molecular formula is C43H29OP.